The first kappa shape index (κ1) is 24.3. The summed E-state index contributed by atoms with van der Waals surface area (Å²) in [5.41, 5.74) is 0. The van der Waals surface area contributed by atoms with Crippen molar-refractivity contribution in [2.24, 2.45) is 0 Å². The summed E-state index contributed by atoms with van der Waals surface area (Å²) in [6.45, 7) is 9.00. The fourth-order valence-electron chi connectivity index (χ4n) is 0.180. The average molecular weight is 398 g/mol. The molecule has 0 spiro atoms. The molecule has 74 valence electrons. The van der Waals surface area contributed by atoms with Gasteiger partial charge in [0.25, 0.3) is 0 Å². The van der Waals surface area contributed by atoms with E-state index >= 15 is 0 Å². The zero-order chi connectivity index (χ0) is 11.1. The standard InChI is InChI=1S/C5H.2CO.3ClH.Fe.Sn/c1-2-4-5-3-1;2*1-2;;;;;/h1H;;;3*1H;;/q-5;;;;;;+5;+3/p-3. The maximum absolute atomic E-state index is 7.50. The molecule has 0 aliphatic carbocycles. The van der Waals surface area contributed by atoms with Crippen LogP contribution in [0, 0.1) is 37.6 Å². The molecule has 0 aliphatic heterocycles. The Labute approximate surface area is 112 Å². The normalized spacial score (nSPS) is 5.71. The van der Waals surface area contributed by atoms with Crippen LogP contribution in [0.1, 0.15) is 0 Å². The molecule has 0 fully saturated rings. The van der Waals surface area contributed by atoms with E-state index in [1.165, 1.54) is 0 Å². The van der Waals surface area contributed by atoms with Gasteiger partial charge in [-0.3, -0.25) is 0 Å². The molecule has 1 aromatic carbocycles. The van der Waals surface area contributed by atoms with E-state index in [0.29, 0.717) is 0 Å². The topological polar surface area (TPSA) is 39.8 Å². The number of hydrogen-bond donors (Lipinski definition) is 0. The van der Waals surface area contributed by atoms with Crippen LogP contribution >= 0.6 is 26.8 Å². The van der Waals surface area contributed by atoms with E-state index in [1.807, 2.05) is 0 Å². The third-order valence-electron chi connectivity index (χ3n) is 0.351. The largest absolute Gasteiger partial charge is 5.00 e. The van der Waals surface area contributed by atoms with Crippen LogP contribution in [0.5, 0.6) is 0 Å². The monoisotopic (exact) mass is 398 g/mol. The Morgan fingerprint density at radius 2 is 1.14 bits per heavy atom. The Kier molecular flexibility index (Phi) is 50.7. The molecule has 0 aliphatic rings. The predicted octanol–water partition coefficient (Wildman–Crippen LogP) is 2.22. The molecule has 2 nitrogen and oxygen atoms in total. The van der Waals surface area contributed by atoms with Gasteiger partial charge in [-0.05, 0) is 0 Å². The summed E-state index contributed by atoms with van der Waals surface area (Å²) in [4.78, 5) is 0. The van der Waals surface area contributed by atoms with Gasteiger partial charge in [0.05, 0.1) is 0 Å². The summed E-state index contributed by atoms with van der Waals surface area (Å²) < 4.78 is 15.0. The SMILES string of the molecule is [C-]#[O+].[C-]#[O+].[Cl][Sn]([Cl])[Cl].[Fe+5].[c-]1[c-][c-][cH-][c-]1. The van der Waals surface area contributed by atoms with E-state index in [2.05, 4.69) is 37.6 Å². The minimum absolute atomic E-state index is 0. The van der Waals surface area contributed by atoms with Gasteiger partial charge >= 0.3 is 82.8 Å². The maximum Gasteiger partial charge on any atom is 5.00 e. The smallest absolute Gasteiger partial charge is 0.999 e. The second-order valence-electron chi connectivity index (χ2n) is 0.897. The van der Waals surface area contributed by atoms with E-state index in [1.54, 1.807) is 6.07 Å². The summed E-state index contributed by atoms with van der Waals surface area (Å²) >= 11 is -2.13. The third-order valence-corrected chi connectivity index (χ3v) is 0.351. The van der Waals surface area contributed by atoms with Gasteiger partial charge in [-0.15, -0.1) is 0 Å². The maximum atomic E-state index is 7.50. The fourth-order valence-corrected chi connectivity index (χ4v) is 0.180. The van der Waals surface area contributed by atoms with Crippen LogP contribution in [0.25, 0.3) is 0 Å². The Bertz CT molecular complexity index is 163. The molecule has 0 aromatic heterocycles. The molecule has 0 heterocycles. The van der Waals surface area contributed by atoms with E-state index in [4.69, 9.17) is 36.1 Å². The van der Waals surface area contributed by atoms with E-state index in [0.717, 1.165) is 0 Å². The van der Waals surface area contributed by atoms with Crippen molar-refractivity contribution in [3.05, 3.63) is 43.6 Å². The van der Waals surface area contributed by atoms with E-state index in [-0.39, 0.29) is 17.1 Å². The van der Waals surface area contributed by atoms with Gasteiger partial charge in [-0.1, -0.05) is 0 Å². The molecule has 2 radical (unpaired) electrons. The summed E-state index contributed by atoms with van der Waals surface area (Å²) in [5.74, 6) is 0. The zero-order valence-electron chi connectivity index (χ0n) is 6.38. The molecule has 0 N–H and O–H groups in total. The van der Waals surface area contributed by atoms with E-state index in [9.17, 15) is 0 Å². The van der Waals surface area contributed by atoms with Gasteiger partial charge in [0.1, 0.15) is 0 Å². The minimum Gasteiger partial charge on any atom is -0.999 e. The fraction of sp³-hybridized carbons (Fsp3) is 0. The van der Waals surface area contributed by atoms with Crippen molar-refractivity contribution >= 4 is 43.1 Å². The molecule has 0 unspecified atom stereocenters. The van der Waals surface area contributed by atoms with Crippen LogP contribution in [-0.4, -0.2) is 16.4 Å². The summed E-state index contributed by atoms with van der Waals surface area (Å²) in [7, 11) is 15.0. The van der Waals surface area contributed by atoms with Gasteiger partial charge in [-0.2, -0.15) is 0 Å². The quantitative estimate of drug-likeness (QED) is 0.366. The molecule has 7 heteroatoms. The van der Waals surface area contributed by atoms with Crippen LogP contribution in [0.4, 0.5) is 0 Å². The Hall–Kier alpha value is 1.02. The second-order valence-corrected chi connectivity index (χ2v) is 13.6. The Morgan fingerprint density at radius 1 is 0.929 bits per heavy atom. The van der Waals surface area contributed by atoms with Crippen molar-refractivity contribution in [3.63, 3.8) is 0 Å². The van der Waals surface area contributed by atoms with Gasteiger partial charge in [0, 0.05) is 0 Å². The molecule has 0 amide bonds. The first-order chi connectivity index (χ1) is 6.23. The van der Waals surface area contributed by atoms with Crippen LogP contribution in [-0.2, 0) is 26.4 Å². The summed E-state index contributed by atoms with van der Waals surface area (Å²) in [6.07, 6.45) is 0. The zero-order valence-corrected chi connectivity index (χ0v) is 12.6. The van der Waals surface area contributed by atoms with Crippen LogP contribution in [0.3, 0.4) is 0 Å². The van der Waals surface area contributed by atoms with Crippen LogP contribution in [0.2, 0.25) is 0 Å². The minimum atomic E-state index is -2.13. The van der Waals surface area contributed by atoms with Crippen molar-refractivity contribution in [2.45, 2.75) is 0 Å². The van der Waals surface area contributed by atoms with Gasteiger partial charge < -0.3 is 30.3 Å². The third kappa shape index (κ3) is 51.9. The van der Waals surface area contributed by atoms with Gasteiger partial charge in [0.15, 0.2) is 0 Å². The molecular weight excluding hydrogens is 397 g/mol. The van der Waals surface area contributed by atoms with Gasteiger partial charge in [-0.25, -0.2) is 0 Å². The van der Waals surface area contributed by atoms with Crippen molar-refractivity contribution < 1.29 is 26.4 Å². The summed E-state index contributed by atoms with van der Waals surface area (Å²) in [6, 6.07) is 12.0. The first-order valence-corrected chi connectivity index (χ1v) is 13.1. The molecular formula is C7HCl3FeO2Sn. The predicted molar refractivity (Wildman–Crippen MR) is 48.6 cm³/mol. The number of hydrogen-bond acceptors (Lipinski definition) is 0. The number of rotatable bonds is 0. The Balaban J connectivity index is -0.0000000511. The molecule has 0 saturated carbocycles. The first-order valence-electron chi connectivity index (χ1n) is 2.30. The van der Waals surface area contributed by atoms with Crippen LogP contribution < -0.4 is 0 Å². The second kappa shape index (κ2) is 29.2. The van der Waals surface area contributed by atoms with Crippen molar-refractivity contribution in [1.29, 1.82) is 0 Å². The van der Waals surface area contributed by atoms with Crippen molar-refractivity contribution in [3.8, 4) is 0 Å². The van der Waals surface area contributed by atoms with E-state index < -0.39 is 16.4 Å². The summed E-state index contributed by atoms with van der Waals surface area (Å²) in [5, 5.41) is 0. The molecule has 1 aromatic rings. The van der Waals surface area contributed by atoms with Crippen LogP contribution in [0.15, 0.2) is 6.07 Å². The molecule has 14 heavy (non-hydrogen) atoms. The molecule has 0 bridgehead atoms. The van der Waals surface area contributed by atoms with Crippen molar-refractivity contribution in [2.75, 3.05) is 0 Å². The van der Waals surface area contributed by atoms with Gasteiger partial charge in [0.2, 0.25) is 0 Å². The molecule has 1 rings (SSSR count). The van der Waals surface area contributed by atoms with Crippen molar-refractivity contribution in [1.82, 2.24) is 0 Å². The molecule has 0 atom stereocenters. The average Bonchev–Trinajstić information content (AvgIpc) is 2.67. The number of halogens is 3. The Morgan fingerprint density at radius 3 is 1.21 bits per heavy atom. The molecule has 0 saturated heterocycles.